The lowest BCUT2D eigenvalue weighted by Crippen LogP contribution is -2.29. The van der Waals surface area contributed by atoms with Gasteiger partial charge in [0.15, 0.2) is 0 Å². The van der Waals surface area contributed by atoms with E-state index in [0.717, 1.165) is 25.2 Å². The first-order valence-electron chi connectivity index (χ1n) is 4.97. The summed E-state index contributed by atoms with van der Waals surface area (Å²) in [5.74, 6) is -0.168. The van der Waals surface area contributed by atoms with Gasteiger partial charge in [0.25, 0.3) is 0 Å². The molecule has 2 nitrogen and oxygen atoms in total. The van der Waals surface area contributed by atoms with Gasteiger partial charge in [0.05, 0.1) is 0 Å². The maximum atomic E-state index is 12.7. The van der Waals surface area contributed by atoms with Crippen LogP contribution < -0.4 is 10.2 Å². The third-order valence-electron chi connectivity index (χ3n) is 2.79. The first-order valence-corrected chi connectivity index (χ1v) is 4.97. The molecule has 0 saturated carbocycles. The average Bonchev–Trinajstić information content (AvgIpc) is 2.67. The predicted octanol–water partition coefficient (Wildman–Crippen LogP) is 1.62. The van der Waals surface area contributed by atoms with Gasteiger partial charge in [0.2, 0.25) is 0 Å². The van der Waals surface area contributed by atoms with E-state index in [4.69, 9.17) is 0 Å². The number of likely N-dealkylation sites (N-methyl/N-ethyl adjacent to an activating group) is 1. The molecular weight excluding hydrogens is 179 g/mol. The van der Waals surface area contributed by atoms with Gasteiger partial charge in [-0.25, -0.2) is 4.39 Å². The molecule has 1 atom stereocenters. The summed E-state index contributed by atoms with van der Waals surface area (Å²) in [6, 6.07) is 7.28. The third-order valence-corrected chi connectivity index (χ3v) is 2.79. The molecule has 0 aromatic heterocycles. The topological polar surface area (TPSA) is 15.3 Å². The van der Waals surface area contributed by atoms with Crippen LogP contribution in [0, 0.1) is 5.82 Å². The van der Waals surface area contributed by atoms with Crippen molar-refractivity contribution in [3.63, 3.8) is 0 Å². The smallest absolute Gasteiger partial charge is 0.123 e. The van der Waals surface area contributed by atoms with Gasteiger partial charge in [-0.2, -0.15) is 0 Å². The van der Waals surface area contributed by atoms with Crippen molar-refractivity contribution in [3.05, 3.63) is 30.1 Å². The Morgan fingerprint density at radius 2 is 2.07 bits per heavy atom. The lowest BCUT2D eigenvalue weighted by molar-refractivity contribution is 0.616. The Kier molecular flexibility index (Phi) is 2.68. The highest BCUT2D eigenvalue weighted by Gasteiger charge is 2.20. The summed E-state index contributed by atoms with van der Waals surface area (Å²) in [5, 5.41) is 3.26. The van der Waals surface area contributed by atoms with Gasteiger partial charge in [-0.3, -0.25) is 0 Å². The summed E-state index contributed by atoms with van der Waals surface area (Å²) in [6.07, 6.45) is 1.16. The Bertz CT molecular complexity index is 297. The minimum atomic E-state index is -0.168. The summed E-state index contributed by atoms with van der Waals surface area (Å²) in [6.45, 7) is 2.07. The fourth-order valence-corrected chi connectivity index (χ4v) is 1.88. The first kappa shape index (κ1) is 9.46. The normalized spacial score (nSPS) is 21.6. The van der Waals surface area contributed by atoms with Gasteiger partial charge >= 0.3 is 0 Å². The van der Waals surface area contributed by atoms with Crippen LogP contribution in [0.3, 0.4) is 0 Å². The highest BCUT2D eigenvalue weighted by Crippen LogP contribution is 2.20. The standard InChI is InChI=1S/C11H15FN2/c1-13-10-6-7-14(8-10)11-4-2-9(12)3-5-11/h2-5,10,13H,6-8H2,1H3. The van der Waals surface area contributed by atoms with Crippen LogP contribution in [0.25, 0.3) is 0 Å². The molecule has 1 aliphatic rings. The van der Waals surface area contributed by atoms with E-state index in [-0.39, 0.29) is 5.82 Å². The molecule has 1 saturated heterocycles. The molecule has 1 aromatic rings. The number of halogens is 1. The number of rotatable bonds is 2. The summed E-state index contributed by atoms with van der Waals surface area (Å²) in [7, 11) is 1.98. The van der Waals surface area contributed by atoms with Crippen molar-refractivity contribution < 1.29 is 4.39 Å². The van der Waals surface area contributed by atoms with E-state index in [0.29, 0.717) is 6.04 Å². The summed E-state index contributed by atoms with van der Waals surface area (Å²) < 4.78 is 12.7. The van der Waals surface area contributed by atoms with E-state index in [2.05, 4.69) is 10.2 Å². The second kappa shape index (κ2) is 3.96. The lowest BCUT2D eigenvalue weighted by atomic mass is 10.3. The summed E-state index contributed by atoms with van der Waals surface area (Å²) >= 11 is 0. The fourth-order valence-electron chi connectivity index (χ4n) is 1.88. The van der Waals surface area contributed by atoms with Crippen molar-refractivity contribution in [1.29, 1.82) is 0 Å². The molecule has 1 fully saturated rings. The Morgan fingerprint density at radius 1 is 1.36 bits per heavy atom. The van der Waals surface area contributed by atoms with Crippen molar-refractivity contribution >= 4 is 5.69 Å². The van der Waals surface area contributed by atoms with E-state index in [1.807, 2.05) is 19.2 Å². The highest BCUT2D eigenvalue weighted by atomic mass is 19.1. The number of nitrogens with one attached hydrogen (secondary N) is 1. The van der Waals surface area contributed by atoms with Gasteiger partial charge < -0.3 is 10.2 Å². The highest BCUT2D eigenvalue weighted by molar-refractivity contribution is 5.47. The van der Waals surface area contributed by atoms with Crippen LogP contribution in [-0.4, -0.2) is 26.2 Å². The third kappa shape index (κ3) is 1.87. The largest absolute Gasteiger partial charge is 0.370 e. The zero-order valence-electron chi connectivity index (χ0n) is 8.33. The van der Waals surface area contributed by atoms with Crippen molar-refractivity contribution in [2.24, 2.45) is 0 Å². The monoisotopic (exact) mass is 194 g/mol. The molecular formula is C11H15FN2. The molecule has 1 unspecified atom stereocenters. The zero-order chi connectivity index (χ0) is 9.97. The molecule has 0 amide bonds. The van der Waals surface area contributed by atoms with E-state index >= 15 is 0 Å². The Hall–Kier alpha value is -1.09. The van der Waals surface area contributed by atoms with E-state index in [9.17, 15) is 4.39 Å². The molecule has 1 aliphatic heterocycles. The minimum Gasteiger partial charge on any atom is -0.370 e. The second-order valence-electron chi connectivity index (χ2n) is 3.70. The SMILES string of the molecule is CNC1CCN(c2ccc(F)cc2)C1. The van der Waals surface area contributed by atoms with Crippen molar-refractivity contribution in [2.75, 3.05) is 25.0 Å². The first-order chi connectivity index (χ1) is 6.79. The Labute approximate surface area is 83.7 Å². The Balaban J connectivity index is 2.06. The molecule has 0 aliphatic carbocycles. The van der Waals surface area contributed by atoms with E-state index in [1.165, 1.54) is 12.1 Å². The maximum Gasteiger partial charge on any atom is 0.123 e. The molecule has 0 bridgehead atoms. The molecule has 3 heteroatoms. The number of hydrogen-bond donors (Lipinski definition) is 1. The van der Waals surface area contributed by atoms with Crippen LogP contribution in [0.4, 0.5) is 10.1 Å². The van der Waals surface area contributed by atoms with E-state index < -0.39 is 0 Å². The van der Waals surface area contributed by atoms with Crippen molar-refractivity contribution in [3.8, 4) is 0 Å². The molecule has 0 spiro atoms. The van der Waals surface area contributed by atoms with Gasteiger partial charge in [-0.05, 0) is 37.7 Å². The van der Waals surface area contributed by atoms with E-state index in [1.54, 1.807) is 0 Å². The number of benzene rings is 1. The fraction of sp³-hybridized carbons (Fsp3) is 0.455. The molecule has 1 heterocycles. The molecule has 76 valence electrons. The van der Waals surface area contributed by atoms with Crippen LogP contribution in [0.15, 0.2) is 24.3 Å². The average molecular weight is 194 g/mol. The van der Waals surface area contributed by atoms with Gasteiger partial charge in [-0.15, -0.1) is 0 Å². The van der Waals surface area contributed by atoms with Crippen LogP contribution >= 0.6 is 0 Å². The minimum absolute atomic E-state index is 0.168. The summed E-state index contributed by atoms with van der Waals surface area (Å²) in [4.78, 5) is 2.28. The number of nitrogens with zero attached hydrogens (tertiary/aromatic N) is 1. The van der Waals surface area contributed by atoms with Crippen molar-refractivity contribution in [2.45, 2.75) is 12.5 Å². The number of anilines is 1. The van der Waals surface area contributed by atoms with Gasteiger partial charge in [0, 0.05) is 24.8 Å². The van der Waals surface area contributed by atoms with Crippen LogP contribution in [0.5, 0.6) is 0 Å². The molecule has 0 radical (unpaired) electrons. The van der Waals surface area contributed by atoms with Gasteiger partial charge in [0.1, 0.15) is 5.82 Å². The van der Waals surface area contributed by atoms with Crippen LogP contribution in [-0.2, 0) is 0 Å². The lowest BCUT2D eigenvalue weighted by Gasteiger charge is -2.18. The Morgan fingerprint density at radius 3 is 2.64 bits per heavy atom. The second-order valence-corrected chi connectivity index (χ2v) is 3.70. The van der Waals surface area contributed by atoms with Crippen LogP contribution in [0.2, 0.25) is 0 Å². The quantitative estimate of drug-likeness (QED) is 0.769. The molecule has 14 heavy (non-hydrogen) atoms. The zero-order valence-corrected chi connectivity index (χ0v) is 8.33. The number of hydrogen-bond acceptors (Lipinski definition) is 2. The van der Waals surface area contributed by atoms with Crippen LogP contribution in [0.1, 0.15) is 6.42 Å². The summed E-state index contributed by atoms with van der Waals surface area (Å²) in [5.41, 5.74) is 1.11. The van der Waals surface area contributed by atoms with Gasteiger partial charge in [-0.1, -0.05) is 0 Å². The maximum absolute atomic E-state index is 12.7. The molecule has 1 N–H and O–H groups in total. The predicted molar refractivity (Wildman–Crippen MR) is 56.1 cm³/mol. The van der Waals surface area contributed by atoms with Crippen molar-refractivity contribution in [1.82, 2.24) is 5.32 Å². The molecule has 2 rings (SSSR count). The molecule has 1 aromatic carbocycles.